The van der Waals surface area contributed by atoms with Gasteiger partial charge in [-0.15, -0.1) is 0 Å². The van der Waals surface area contributed by atoms with Crippen molar-refractivity contribution < 1.29 is 14.3 Å². The van der Waals surface area contributed by atoms with Gasteiger partial charge in [-0.05, 0) is 30.7 Å². The van der Waals surface area contributed by atoms with Crippen molar-refractivity contribution >= 4 is 17.1 Å². The molecule has 30 heavy (non-hydrogen) atoms. The largest absolute Gasteiger partial charge is 0.482 e. The monoisotopic (exact) mass is 411 g/mol. The summed E-state index contributed by atoms with van der Waals surface area (Å²) in [5.74, 6) is 0.141. The van der Waals surface area contributed by atoms with E-state index in [1.807, 2.05) is 13.0 Å². The summed E-state index contributed by atoms with van der Waals surface area (Å²) >= 11 is 0. The Labute approximate surface area is 171 Å². The van der Waals surface area contributed by atoms with E-state index in [-0.39, 0.29) is 24.4 Å². The van der Waals surface area contributed by atoms with E-state index in [9.17, 15) is 14.4 Å². The number of nitrogens with one attached hydrogen (secondary N) is 1. The third kappa shape index (κ3) is 4.41. The second kappa shape index (κ2) is 9.09. The maximum Gasteiger partial charge on any atom is 0.344 e. The molecular formula is C20H21N5O5. The molecule has 0 spiro atoms. The first kappa shape index (κ1) is 20.9. The van der Waals surface area contributed by atoms with Gasteiger partial charge in [0.2, 0.25) is 0 Å². The van der Waals surface area contributed by atoms with E-state index in [1.54, 1.807) is 31.3 Å². The highest BCUT2D eigenvalue weighted by Crippen LogP contribution is 2.13. The van der Waals surface area contributed by atoms with Crippen LogP contribution in [0.2, 0.25) is 0 Å². The Morgan fingerprint density at radius 3 is 2.67 bits per heavy atom. The normalized spacial score (nSPS) is 10.7. The van der Waals surface area contributed by atoms with Crippen molar-refractivity contribution in [3.8, 4) is 11.8 Å². The molecule has 2 heterocycles. The Kier molecular flexibility index (Phi) is 6.32. The molecule has 0 fully saturated rings. The summed E-state index contributed by atoms with van der Waals surface area (Å²) in [7, 11) is 1.62. The van der Waals surface area contributed by atoms with E-state index in [1.165, 1.54) is 9.13 Å². The minimum Gasteiger partial charge on any atom is -0.482 e. The molecule has 0 amide bonds. The molecule has 3 rings (SSSR count). The smallest absolute Gasteiger partial charge is 0.344 e. The molecule has 0 atom stereocenters. The average molecular weight is 411 g/mol. The molecule has 0 bridgehead atoms. The molecule has 0 saturated carbocycles. The minimum atomic E-state index is -0.622. The fraction of sp³-hybridized carbons (Fsp3) is 0.350. The molecule has 10 nitrogen and oxygen atoms in total. The lowest BCUT2D eigenvalue weighted by molar-refractivity contribution is -0.147. The second-order valence-electron chi connectivity index (χ2n) is 6.61. The predicted molar refractivity (Wildman–Crippen MR) is 107 cm³/mol. The lowest BCUT2D eigenvalue weighted by Gasteiger charge is -2.07. The van der Waals surface area contributed by atoms with Crippen LogP contribution >= 0.6 is 0 Å². The summed E-state index contributed by atoms with van der Waals surface area (Å²) in [6.45, 7) is 1.92. The van der Waals surface area contributed by atoms with Crippen LogP contribution in [0.25, 0.3) is 11.2 Å². The van der Waals surface area contributed by atoms with E-state index in [0.717, 1.165) is 12.8 Å². The van der Waals surface area contributed by atoms with Crippen LogP contribution in [0.15, 0.2) is 33.9 Å². The first-order valence-electron chi connectivity index (χ1n) is 9.41. The maximum absolute atomic E-state index is 12.2. The van der Waals surface area contributed by atoms with Crippen molar-refractivity contribution in [2.45, 2.75) is 32.9 Å². The van der Waals surface area contributed by atoms with Crippen molar-refractivity contribution in [2.75, 3.05) is 6.61 Å². The van der Waals surface area contributed by atoms with Gasteiger partial charge in [0, 0.05) is 13.6 Å². The zero-order valence-electron chi connectivity index (χ0n) is 16.7. The first-order chi connectivity index (χ1) is 14.4. The number of nitriles is 1. The molecule has 0 aliphatic heterocycles. The number of H-pyrrole nitrogens is 1. The van der Waals surface area contributed by atoms with Crippen LogP contribution in [0.5, 0.6) is 5.75 Å². The number of carbonyl (C=O) groups excluding carboxylic acids is 1. The Bertz CT molecular complexity index is 1210. The number of hydrogen-bond acceptors (Lipinski definition) is 7. The molecule has 3 aromatic rings. The van der Waals surface area contributed by atoms with E-state index in [4.69, 9.17) is 14.7 Å². The van der Waals surface area contributed by atoms with Gasteiger partial charge in [0.15, 0.2) is 17.8 Å². The van der Waals surface area contributed by atoms with Gasteiger partial charge < -0.3 is 14.0 Å². The number of aromatic nitrogens is 4. The number of carbonyl (C=O) groups is 1. The molecule has 1 N–H and O–H groups in total. The van der Waals surface area contributed by atoms with E-state index in [0.29, 0.717) is 23.7 Å². The summed E-state index contributed by atoms with van der Waals surface area (Å²) in [5.41, 5.74) is -0.0674. The number of ether oxygens (including phenoxy) is 2. The van der Waals surface area contributed by atoms with Gasteiger partial charge in [0.1, 0.15) is 18.2 Å². The highest BCUT2D eigenvalue weighted by molar-refractivity contribution is 5.72. The number of aromatic amines is 1. The van der Waals surface area contributed by atoms with Gasteiger partial charge >= 0.3 is 11.7 Å². The van der Waals surface area contributed by atoms with E-state index >= 15 is 0 Å². The third-order valence-corrected chi connectivity index (χ3v) is 4.54. The molecular weight excluding hydrogens is 390 g/mol. The Morgan fingerprint density at radius 2 is 2.00 bits per heavy atom. The van der Waals surface area contributed by atoms with Crippen molar-refractivity contribution in [1.82, 2.24) is 19.1 Å². The van der Waals surface area contributed by atoms with Gasteiger partial charge in [-0.3, -0.25) is 14.3 Å². The minimum absolute atomic E-state index is 0.178. The van der Waals surface area contributed by atoms with Crippen molar-refractivity contribution in [3.63, 3.8) is 0 Å². The summed E-state index contributed by atoms with van der Waals surface area (Å²) in [4.78, 5) is 43.0. The number of unbranched alkanes of at least 4 members (excludes halogenated alkanes) is 1. The summed E-state index contributed by atoms with van der Waals surface area (Å²) in [6, 6.07) is 8.32. The quantitative estimate of drug-likeness (QED) is 0.551. The summed E-state index contributed by atoms with van der Waals surface area (Å²) < 4.78 is 13.4. The van der Waals surface area contributed by atoms with Crippen molar-refractivity contribution in [1.29, 1.82) is 5.26 Å². The van der Waals surface area contributed by atoms with Gasteiger partial charge in [-0.2, -0.15) is 5.26 Å². The van der Waals surface area contributed by atoms with Gasteiger partial charge in [0.05, 0.1) is 11.6 Å². The molecule has 2 aromatic heterocycles. The second-order valence-corrected chi connectivity index (χ2v) is 6.61. The van der Waals surface area contributed by atoms with Crippen molar-refractivity contribution in [2.24, 2.45) is 7.05 Å². The van der Waals surface area contributed by atoms with Gasteiger partial charge in [-0.25, -0.2) is 14.6 Å². The standard InChI is InChI=1S/C20H21N5O5/c1-3-4-9-25-18-17(19(27)23-20(25)28)24(2)15(22-18)11-30-16(26)12-29-14-7-5-13(10-21)6-8-14/h5-8H,3-4,9,11-12H2,1-2H3,(H,23,27,28). The summed E-state index contributed by atoms with van der Waals surface area (Å²) in [5, 5.41) is 8.78. The topological polar surface area (TPSA) is 132 Å². The number of benzene rings is 1. The molecule has 156 valence electrons. The van der Waals surface area contributed by atoms with Crippen LogP contribution in [-0.2, 0) is 29.7 Å². The van der Waals surface area contributed by atoms with Crippen LogP contribution in [0.1, 0.15) is 31.2 Å². The Morgan fingerprint density at radius 1 is 1.27 bits per heavy atom. The molecule has 1 aromatic carbocycles. The van der Waals surface area contributed by atoms with E-state index < -0.39 is 17.2 Å². The third-order valence-electron chi connectivity index (χ3n) is 4.54. The number of imidazole rings is 1. The molecule has 0 saturated heterocycles. The maximum atomic E-state index is 12.2. The van der Waals surface area contributed by atoms with Crippen molar-refractivity contribution in [3.05, 3.63) is 56.5 Å². The molecule has 0 radical (unpaired) electrons. The molecule has 0 aliphatic rings. The van der Waals surface area contributed by atoms with Gasteiger partial charge in [-0.1, -0.05) is 13.3 Å². The Hall–Kier alpha value is -3.87. The van der Waals surface area contributed by atoms with E-state index in [2.05, 4.69) is 9.97 Å². The van der Waals surface area contributed by atoms with Crippen LogP contribution in [-0.4, -0.2) is 31.7 Å². The fourth-order valence-electron chi connectivity index (χ4n) is 2.90. The average Bonchev–Trinajstić information content (AvgIpc) is 3.07. The lowest BCUT2D eigenvalue weighted by atomic mass is 10.2. The molecule has 10 heteroatoms. The highest BCUT2D eigenvalue weighted by atomic mass is 16.6. The predicted octanol–water partition coefficient (Wildman–Crippen LogP) is 1.22. The number of aryl methyl sites for hydroxylation is 2. The number of fused-ring (bicyclic) bond motifs is 1. The zero-order valence-corrected chi connectivity index (χ0v) is 16.7. The highest BCUT2D eigenvalue weighted by Gasteiger charge is 2.17. The SMILES string of the molecule is CCCCn1c(=O)[nH]c(=O)c2c1nc(COC(=O)COc1ccc(C#N)cc1)n2C. The molecule has 0 aliphatic carbocycles. The zero-order chi connectivity index (χ0) is 21.7. The first-order valence-corrected chi connectivity index (χ1v) is 9.41. The molecule has 0 unspecified atom stereocenters. The summed E-state index contributed by atoms with van der Waals surface area (Å²) in [6.07, 6.45) is 1.64. The van der Waals surface area contributed by atoms with Crippen LogP contribution in [0.3, 0.4) is 0 Å². The number of nitrogens with zero attached hydrogens (tertiary/aromatic N) is 4. The number of rotatable bonds is 8. The lowest BCUT2D eigenvalue weighted by Crippen LogP contribution is -2.31. The Balaban J connectivity index is 1.71. The van der Waals surface area contributed by atoms with Gasteiger partial charge in [0.25, 0.3) is 5.56 Å². The van der Waals surface area contributed by atoms with Crippen LogP contribution in [0.4, 0.5) is 0 Å². The fourth-order valence-corrected chi connectivity index (χ4v) is 2.90. The van der Waals surface area contributed by atoms with Crippen LogP contribution < -0.4 is 16.0 Å². The number of hydrogen-bond donors (Lipinski definition) is 1. The van der Waals surface area contributed by atoms with Crippen LogP contribution in [0, 0.1) is 11.3 Å². The number of esters is 1.